The first-order valence-electron chi connectivity index (χ1n) is 13.5. The zero-order chi connectivity index (χ0) is 32.0. The number of hydrogen-bond donors (Lipinski definition) is 1. The van der Waals surface area contributed by atoms with Crippen LogP contribution in [0, 0.1) is 19.7 Å². The van der Waals surface area contributed by atoms with Crippen molar-refractivity contribution in [2.45, 2.75) is 31.8 Å². The Bertz CT molecular complexity index is 1790. The molecule has 4 aromatic carbocycles. The zero-order valence-electron chi connectivity index (χ0n) is 25.0. The molecule has 4 aromatic rings. The molecule has 0 bridgehead atoms. The van der Waals surface area contributed by atoms with E-state index in [1.807, 2.05) is 19.9 Å². The van der Waals surface area contributed by atoms with E-state index in [2.05, 4.69) is 5.32 Å². The molecule has 0 unspecified atom stereocenters. The van der Waals surface area contributed by atoms with Gasteiger partial charge >= 0.3 is 5.97 Å². The molecule has 0 spiro atoms. The van der Waals surface area contributed by atoms with Gasteiger partial charge in [0, 0.05) is 18.8 Å². The molecule has 0 heterocycles. The van der Waals surface area contributed by atoms with E-state index in [9.17, 15) is 22.4 Å². The third-order valence-electron chi connectivity index (χ3n) is 7.13. The van der Waals surface area contributed by atoms with Gasteiger partial charge in [-0.1, -0.05) is 24.3 Å². The van der Waals surface area contributed by atoms with Crippen molar-refractivity contribution in [2.24, 2.45) is 0 Å². The predicted octanol–water partition coefficient (Wildman–Crippen LogP) is 5.89. The van der Waals surface area contributed by atoms with E-state index in [-0.39, 0.29) is 18.0 Å². The highest BCUT2D eigenvalue weighted by Crippen LogP contribution is 2.30. The summed E-state index contributed by atoms with van der Waals surface area (Å²) in [6.07, 6.45) is 0. The number of anilines is 1. The van der Waals surface area contributed by atoms with Crippen molar-refractivity contribution < 1.29 is 36.6 Å². The van der Waals surface area contributed by atoms with Crippen LogP contribution in [0.1, 0.15) is 43.0 Å². The van der Waals surface area contributed by atoms with Gasteiger partial charge in [0.05, 0.1) is 37.4 Å². The number of methoxy groups -OCH3 is 3. The fourth-order valence-corrected chi connectivity index (χ4v) is 5.92. The van der Waals surface area contributed by atoms with E-state index in [1.165, 1.54) is 37.8 Å². The maximum Gasteiger partial charge on any atom is 0.337 e. The van der Waals surface area contributed by atoms with Gasteiger partial charge in [-0.2, -0.15) is 4.31 Å². The summed E-state index contributed by atoms with van der Waals surface area (Å²) < 4.78 is 59.8. The number of sulfonamides is 1. The Hall–Kier alpha value is -4.74. The lowest BCUT2D eigenvalue weighted by Crippen LogP contribution is -2.30. The van der Waals surface area contributed by atoms with Crippen molar-refractivity contribution in [1.29, 1.82) is 0 Å². The van der Waals surface area contributed by atoms with Crippen LogP contribution in [-0.4, -0.2) is 45.9 Å². The second-order valence-electron chi connectivity index (χ2n) is 10.0. The number of ether oxygens (including phenoxy) is 3. The van der Waals surface area contributed by atoms with E-state index in [0.29, 0.717) is 33.9 Å². The third kappa shape index (κ3) is 7.24. The van der Waals surface area contributed by atoms with Crippen LogP contribution in [0.5, 0.6) is 11.5 Å². The molecule has 0 saturated heterocycles. The van der Waals surface area contributed by atoms with Crippen molar-refractivity contribution >= 4 is 27.6 Å². The van der Waals surface area contributed by atoms with Crippen LogP contribution in [0.3, 0.4) is 0 Å². The highest BCUT2D eigenvalue weighted by atomic mass is 32.2. The first-order chi connectivity index (χ1) is 21.0. The zero-order valence-corrected chi connectivity index (χ0v) is 25.8. The fourth-order valence-electron chi connectivity index (χ4n) is 4.48. The largest absolute Gasteiger partial charge is 0.493 e. The quantitative estimate of drug-likeness (QED) is 0.208. The van der Waals surface area contributed by atoms with Crippen LogP contribution in [0.25, 0.3) is 0 Å². The number of aryl methyl sites for hydroxylation is 2. The lowest BCUT2D eigenvalue weighted by Gasteiger charge is -2.23. The van der Waals surface area contributed by atoms with E-state index in [4.69, 9.17) is 14.2 Å². The average Bonchev–Trinajstić information content (AvgIpc) is 3.02. The minimum absolute atomic E-state index is 0.0943. The summed E-state index contributed by atoms with van der Waals surface area (Å²) in [7, 11) is -0.0595. The number of benzene rings is 4. The van der Waals surface area contributed by atoms with Crippen molar-refractivity contribution in [3.05, 3.63) is 118 Å². The Morgan fingerprint density at radius 1 is 0.773 bits per heavy atom. The van der Waals surface area contributed by atoms with Gasteiger partial charge in [0.15, 0.2) is 11.5 Å². The van der Waals surface area contributed by atoms with Gasteiger partial charge in [0.2, 0.25) is 10.0 Å². The third-order valence-corrected chi connectivity index (χ3v) is 8.91. The van der Waals surface area contributed by atoms with Crippen LogP contribution < -0.4 is 14.8 Å². The highest BCUT2D eigenvalue weighted by molar-refractivity contribution is 7.89. The Kier molecular flexibility index (Phi) is 10.0. The van der Waals surface area contributed by atoms with Gasteiger partial charge in [-0.25, -0.2) is 17.6 Å². The van der Waals surface area contributed by atoms with E-state index < -0.39 is 33.3 Å². The SMILES string of the molecule is COC(=O)c1ccc(CN(Cc2ccc(OC)c(OC)c2)S(=O)(=O)c2ccc(F)c(C(=O)Nc3ccc(C)c(C)c3)c2)cc1. The van der Waals surface area contributed by atoms with Crippen LogP contribution in [0.15, 0.2) is 83.8 Å². The molecule has 230 valence electrons. The summed E-state index contributed by atoms with van der Waals surface area (Å²) >= 11 is 0. The number of rotatable bonds is 11. The lowest BCUT2D eigenvalue weighted by atomic mass is 10.1. The molecule has 1 amide bonds. The summed E-state index contributed by atoms with van der Waals surface area (Å²) in [5, 5.41) is 2.65. The average molecular weight is 621 g/mol. The molecular weight excluding hydrogens is 587 g/mol. The Labute approximate surface area is 256 Å². The second-order valence-corrected chi connectivity index (χ2v) is 12.0. The molecule has 0 aliphatic heterocycles. The fraction of sp³-hybridized carbons (Fsp3) is 0.212. The number of nitrogens with zero attached hydrogens (tertiary/aromatic N) is 1. The maximum absolute atomic E-state index is 14.9. The van der Waals surface area contributed by atoms with Crippen molar-refractivity contribution in [3.8, 4) is 11.5 Å². The van der Waals surface area contributed by atoms with Crippen molar-refractivity contribution in [2.75, 3.05) is 26.6 Å². The molecule has 44 heavy (non-hydrogen) atoms. The number of esters is 1. The smallest absolute Gasteiger partial charge is 0.337 e. The minimum atomic E-state index is -4.30. The van der Waals surface area contributed by atoms with Crippen LogP contribution in [-0.2, 0) is 27.8 Å². The molecule has 4 rings (SSSR count). The number of halogens is 1. The van der Waals surface area contributed by atoms with Gasteiger partial charge < -0.3 is 19.5 Å². The molecule has 0 fully saturated rings. The molecule has 0 radical (unpaired) electrons. The summed E-state index contributed by atoms with van der Waals surface area (Å²) in [5.41, 5.74) is 3.48. The van der Waals surface area contributed by atoms with Gasteiger partial charge in [-0.15, -0.1) is 0 Å². The molecule has 9 nitrogen and oxygen atoms in total. The number of nitrogens with one attached hydrogen (secondary N) is 1. The van der Waals surface area contributed by atoms with E-state index in [0.717, 1.165) is 29.3 Å². The summed E-state index contributed by atoms with van der Waals surface area (Å²) in [4.78, 5) is 24.7. The summed E-state index contributed by atoms with van der Waals surface area (Å²) in [5.74, 6) is -1.29. The first-order valence-corrected chi connectivity index (χ1v) is 15.0. The number of carbonyl (C=O) groups is 2. The molecule has 0 atom stereocenters. The van der Waals surface area contributed by atoms with Gasteiger partial charge in [-0.3, -0.25) is 4.79 Å². The van der Waals surface area contributed by atoms with E-state index >= 15 is 0 Å². The maximum atomic E-state index is 14.9. The molecule has 0 aliphatic carbocycles. The summed E-state index contributed by atoms with van der Waals surface area (Å²) in [6, 6.07) is 19.7. The number of carbonyl (C=O) groups excluding carboxylic acids is 2. The molecule has 0 aromatic heterocycles. The Morgan fingerprint density at radius 3 is 2.07 bits per heavy atom. The number of hydrogen-bond acceptors (Lipinski definition) is 7. The van der Waals surface area contributed by atoms with Gasteiger partial charge in [-0.05, 0) is 90.7 Å². The second kappa shape index (κ2) is 13.7. The Balaban J connectivity index is 1.71. The molecule has 0 aliphatic rings. The van der Waals surface area contributed by atoms with Crippen LogP contribution in [0.4, 0.5) is 10.1 Å². The highest BCUT2D eigenvalue weighted by Gasteiger charge is 2.28. The molecular formula is C33H33FN2O7S. The summed E-state index contributed by atoms with van der Waals surface area (Å²) in [6.45, 7) is 3.62. The lowest BCUT2D eigenvalue weighted by molar-refractivity contribution is 0.0600. The standard InChI is InChI=1S/C33H33FN2O7S/c1-21-6-12-26(16-22(21)2)35-32(37)28-18-27(13-14-29(28)34)44(39,40)36(19-23-7-10-25(11-8-23)33(38)43-5)20-24-9-15-30(41-3)31(17-24)42-4/h6-18H,19-20H2,1-5H3,(H,35,37). The number of amides is 1. The monoisotopic (exact) mass is 620 g/mol. The first kappa shape index (κ1) is 32.2. The molecule has 0 saturated carbocycles. The molecule has 11 heteroatoms. The van der Waals surface area contributed by atoms with Crippen molar-refractivity contribution in [1.82, 2.24) is 4.31 Å². The normalized spacial score (nSPS) is 11.2. The van der Waals surface area contributed by atoms with Gasteiger partial charge in [0.25, 0.3) is 5.91 Å². The van der Waals surface area contributed by atoms with E-state index in [1.54, 1.807) is 42.5 Å². The minimum Gasteiger partial charge on any atom is -0.493 e. The Morgan fingerprint density at radius 2 is 1.43 bits per heavy atom. The molecule has 1 N–H and O–H groups in total. The van der Waals surface area contributed by atoms with Crippen LogP contribution in [0.2, 0.25) is 0 Å². The predicted molar refractivity (Wildman–Crippen MR) is 164 cm³/mol. The van der Waals surface area contributed by atoms with Gasteiger partial charge in [0.1, 0.15) is 5.82 Å². The van der Waals surface area contributed by atoms with Crippen LogP contribution >= 0.6 is 0 Å². The topological polar surface area (TPSA) is 111 Å². The van der Waals surface area contributed by atoms with Crippen molar-refractivity contribution in [3.63, 3.8) is 0 Å².